The summed E-state index contributed by atoms with van der Waals surface area (Å²) in [4.78, 5) is 37.1. The molecule has 0 spiro atoms. The Hall–Kier alpha value is -3.67. The Labute approximate surface area is 195 Å². The summed E-state index contributed by atoms with van der Waals surface area (Å²) in [6.07, 6.45) is 7.93. The first-order valence-corrected chi connectivity index (χ1v) is 11.2. The summed E-state index contributed by atoms with van der Waals surface area (Å²) in [5, 5.41) is 10.4. The maximum atomic E-state index is 13.1. The second-order valence-electron chi connectivity index (χ2n) is 7.58. The third-order valence-electron chi connectivity index (χ3n) is 5.34. The summed E-state index contributed by atoms with van der Waals surface area (Å²) < 4.78 is 0. The summed E-state index contributed by atoms with van der Waals surface area (Å²) >= 11 is 0. The van der Waals surface area contributed by atoms with Crippen molar-refractivity contribution in [3.8, 4) is 0 Å². The van der Waals surface area contributed by atoms with Gasteiger partial charge in [0.25, 0.3) is 5.91 Å². The van der Waals surface area contributed by atoms with Crippen LogP contribution in [0.5, 0.6) is 0 Å². The number of fused-ring (bicyclic) bond motifs is 1. The van der Waals surface area contributed by atoms with E-state index in [1.807, 2.05) is 68.5 Å². The Morgan fingerprint density at radius 3 is 2.27 bits per heavy atom. The topological polar surface area (TPSA) is 87.3 Å². The van der Waals surface area contributed by atoms with Gasteiger partial charge in [-0.25, -0.2) is 0 Å². The molecule has 33 heavy (non-hydrogen) atoms. The van der Waals surface area contributed by atoms with Crippen LogP contribution in [-0.4, -0.2) is 30.8 Å². The first-order valence-electron chi connectivity index (χ1n) is 11.2. The number of nitrogens with one attached hydrogen (secondary N) is 3. The Kier molecular flexibility index (Phi) is 10.1. The molecule has 1 atom stereocenters. The molecular formula is C27H33N3O3. The van der Waals surface area contributed by atoms with E-state index in [4.69, 9.17) is 0 Å². The molecule has 1 unspecified atom stereocenters. The maximum absolute atomic E-state index is 13.1. The van der Waals surface area contributed by atoms with Crippen molar-refractivity contribution in [2.24, 2.45) is 0 Å². The van der Waals surface area contributed by atoms with Crippen LogP contribution in [0.1, 0.15) is 45.7 Å². The van der Waals surface area contributed by atoms with E-state index in [1.165, 1.54) is 0 Å². The molecule has 2 rings (SSSR count). The van der Waals surface area contributed by atoms with Gasteiger partial charge < -0.3 is 16.0 Å². The molecule has 0 bridgehead atoms. The second-order valence-corrected chi connectivity index (χ2v) is 7.58. The molecule has 0 radical (unpaired) electrons. The van der Waals surface area contributed by atoms with Crippen molar-refractivity contribution in [2.45, 2.75) is 40.2 Å². The minimum absolute atomic E-state index is 0.0767. The number of allylic oxidation sites excluding steroid dienone is 3. The molecule has 0 aliphatic rings. The number of hydrogen-bond acceptors (Lipinski definition) is 3. The number of hydrogen-bond donors (Lipinski definition) is 3. The fourth-order valence-electron chi connectivity index (χ4n) is 3.57. The van der Waals surface area contributed by atoms with Gasteiger partial charge in [0.05, 0.1) is 6.04 Å². The van der Waals surface area contributed by atoms with Gasteiger partial charge in [-0.1, -0.05) is 66.8 Å². The van der Waals surface area contributed by atoms with Gasteiger partial charge in [-0.2, -0.15) is 0 Å². The van der Waals surface area contributed by atoms with Gasteiger partial charge in [-0.3, -0.25) is 14.4 Å². The summed E-state index contributed by atoms with van der Waals surface area (Å²) in [5.74, 6) is -1.66. The van der Waals surface area contributed by atoms with Crippen LogP contribution in [-0.2, 0) is 14.4 Å². The van der Waals surface area contributed by atoms with E-state index < -0.39 is 11.8 Å². The van der Waals surface area contributed by atoms with Crippen LogP contribution in [0.3, 0.4) is 0 Å². The zero-order chi connectivity index (χ0) is 24.2. The highest BCUT2D eigenvalue weighted by Crippen LogP contribution is 2.24. The molecule has 2 aromatic carbocycles. The van der Waals surface area contributed by atoms with Gasteiger partial charge in [-0.15, -0.1) is 0 Å². The molecule has 3 amide bonds. The highest BCUT2D eigenvalue weighted by molar-refractivity contribution is 6.35. The summed E-state index contributed by atoms with van der Waals surface area (Å²) in [5.41, 5.74) is 2.12. The predicted molar refractivity (Wildman–Crippen MR) is 133 cm³/mol. The Balaban J connectivity index is 2.01. The molecule has 0 aliphatic carbocycles. The van der Waals surface area contributed by atoms with Crippen molar-refractivity contribution in [2.75, 3.05) is 13.1 Å². The largest absolute Gasteiger partial charge is 0.348 e. The molecule has 0 saturated carbocycles. The van der Waals surface area contributed by atoms with Crippen LogP contribution in [0, 0.1) is 0 Å². The second kappa shape index (κ2) is 13.0. The lowest BCUT2D eigenvalue weighted by atomic mass is 9.98. The molecule has 0 fully saturated rings. The first kappa shape index (κ1) is 25.6. The molecule has 6 heteroatoms. The molecule has 2 aromatic rings. The van der Waals surface area contributed by atoms with E-state index in [1.54, 1.807) is 26.0 Å². The smallest absolute Gasteiger partial charge is 0.309 e. The average molecular weight is 448 g/mol. The van der Waals surface area contributed by atoms with E-state index in [-0.39, 0.29) is 18.5 Å². The van der Waals surface area contributed by atoms with Crippen LogP contribution in [0.4, 0.5) is 0 Å². The number of benzene rings is 2. The van der Waals surface area contributed by atoms with Crippen molar-refractivity contribution in [3.63, 3.8) is 0 Å². The first-order chi connectivity index (χ1) is 15.9. The zero-order valence-electron chi connectivity index (χ0n) is 19.8. The van der Waals surface area contributed by atoms with Crippen molar-refractivity contribution in [1.82, 2.24) is 16.0 Å². The van der Waals surface area contributed by atoms with E-state index >= 15 is 0 Å². The lowest BCUT2D eigenvalue weighted by Gasteiger charge is -2.19. The molecule has 0 heterocycles. The quantitative estimate of drug-likeness (QED) is 0.178. The van der Waals surface area contributed by atoms with E-state index in [0.717, 1.165) is 16.3 Å². The normalized spacial score (nSPS) is 13.1. The third-order valence-corrected chi connectivity index (χ3v) is 5.34. The monoisotopic (exact) mass is 447 g/mol. The van der Waals surface area contributed by atoms with Gasteiger partial charge in [-0.05, 0) is 56.0 Å². The fourth-order valence-corrected chi connectivity index (χ4v) is 3.57. The summed E-state index contributed by atoms with van der Waals surface area (Å²) in [6.45, 7) is 7.88. The molecular weight excluding hydrogens is 414 g/mol. The van der Waals surface area contributed by atoms with E-state index in [2.05, 4.69) is 16.0 Å². The van der Waals surface area contributed by atoms with Crippen LogP contribution >= 0.6 is 0 Å². The molecule has 0 aliphatic heterocycles. The molecule has 0 aromatic heterocycles. The SMILES string of the molecule is C/C=C/CCNC(=O)C(=O)NCC(=C/C)/C(=C\C)C(=O)NC(C)c1cccc2ccccc12. The van der Waals surface area contributed by atoms with Crippen LogP contribution in [0.2, 0.25) is 0 Å². The van der Waals surface area contributed by atoms with Gasteiger partial charge in [0.15, 0.2) is 0 Å². The van der Waals surface area contributed by atoms with Gasteiger partial charge >= 0.3 is 11.8 Å². The minimum Gasteiger partial charge on any atom is -0.348 e. The molecule has 174 valence electrons. The lowest BCUT2D eigenvalue weighted by molar-refractivity contribution is -0.139. The highest BCUT2D eigenvalue weighted by atomic mass is 16.2. The Morgan fingerprint density at radius 1 is 0.879 bits per heavy atom. The average Bonchev–Trinajstić information content (AvgIpc) is 2.83. The van der Waals surface area contributed by atoms with Gasteiger partial charge in [0.1, 0.15) is 0 Å². The Bertz CT molecular complexity index is 1080. The Morgan fingerprint density at radius 2 is 1.58 bits per heavy atom. The minimum atomic E-state index is -0.727. The molecule has 6 nitrogen and oxygen atoms in total. The number of rotatable bonds is 9. The van der Waals surface area contributed by atoms with Crippen molar-refractivity contribution < 1.29 is 14.4 Å². The van der Waals surface area contributed by atoms with E-state index in [0.29, 0.717) is 24.1 Å². The molecule has 3 N–H and O–H groups in total. The standard InChI is InChI=1S/C27H33N3O3/c1-5-8-11-17-28-26(32)27(33)29-18-20(6-2)22(7-3)25(31)30-19(4)23-16-12-14-21-13-9-10-15-24(21)23/h5-10,12-16,19H,11,17-18H2,1-4H3,(H,28,32)(H,29,33)(H,30,31)/b8-5+,20-6-,22-7+. The molecule has 0 saturated heterocycles. The van der Waals surface area contributed by atoms with Crippen molar-refractivity contribution >= 4 is 28.5 Å². The number of carbonyl (C=O) groups excluding carboxylic acids is 3. The maximum Gasteiger partial charge on any atom is 0.309 e. The fraction of sp³-hybridized carbons (Fsp3) is 0.296. The highest BCUT2D eigenvalue weighted by Gasteiger charge is 2.19. The number of amides is 3. The van der Waals surface area contributed by atoms with E-state index in [9.17, 15) is 14.4 Å². The number of carbonyl (C=O) groups is 3. The van der Waals surface area contributed by atoms with Crippen LogP contribution in [0.25, 0.3) is 10.8 Å². The van der Waals surface area contributed by atoms with Gasteiger partial charge in [0, 0.05) is 18.7 Å². The zero-order valence-corrected chi connectivity index (χ0v) is 19.8. The summed E-state index contributed by atoms with van der Waals surface area (Å²) in [7, 11) is 0. The van der Waals surface area contributed by atoms with Crippen LogP contribution < -0.4 is 16.0 Å². The lowest BCUT2D eigenvalue weighted by Crippen LogP contribution is -2.41. The third kappa shape index (κ3) is 7.17. The predicted octanol–water partition coefficient (Wildman–Crippen LogP) is 4.11. The van der Waals surface area contributed by atoms with Crippen LogP contribution in [0.15, 0.2) is 77.9 Å². The van der Waals surface area contributed by atoms with Crippen molar-refractivity contribution in [3.05, 3.63) is 83.5 Å². The van der Waals surface area contributed by atoms with Gasteiger partial charge in [0.2, 0.25) is 0 Å². The summed E-state index contributed by atoms with van der Waals surface area (Å²) in [6, 6.07) is 13.9. The van der Waals surface area contributed by atoms with Crippen molar-refractivity contribution in [1.29, 1.82) is 0 Å².